The Bertz CT molecular complexity index is 954. The smallest absolute Gasteiger partial charge is 0.338 e. The molecule has 150 valence electrons. The van der Waals surface area contributed by atoms with Crippen molar-refractivity contribution in [2.45, 2.75) is 33.6 Å². The predicted molar refractivity (Wildman–Crippen MR) is 114 cm³/mol. The Labute approximate surface area is 171 Å². The van der Waals surface area contributed by atoms with E-state index in [2.05, 4.69) is 10.6 Å². The van der Waals surface area contributed by atoms with Gasteiger partial charge in [-0.3, -0.25) is 4.79 Å². The molecular formula is C23H25N3O3. The number of carbonyl (C=O) groups is 2. The summed E-state index contributed by atoms with van der Waals surface area (Å²) in [4.78, 5) is 24.3. The first-order chi connectivity index (χ1) is 13.9. The summed E-state index contributed by atoms with van der Waals surface area (Å²) in [7, 11) is 0. The number of rotatable bonds is 7. The van der Waals surface area contributed by atoms with Crippen LogP contribution in [0.15, 0.2) is 54.2 Å². The molecule has 2 aromatic rings. The number of hydrogen-bond donors (Lipinski definition) is 2. The van der Waals surface area contributed by atoms with Gasteiger partial charge in [-0.2, -0.15) is 5.26 Å². The molecule has 0 saturated carbocycles. The fraction of sp³-hybridized carbons (Fsp3) is 0.261. The highest BCUT2D eigenvalue weighted by Gasteiger charge is 2.15. The molecule has 0 unspecified atom stereocenters. The monoisotopic (exact) mass is 391 g/mol. The third kappa shape index (κ3) is 5.69. The van der Waals surface area contributed by atoms with E-state index < -0.39 is 11.9 Å². The van der Waals surface area contributed by atoms with Crippen LogP contribution < -0.4 is 10.6 Å². The number of aryl methyl sites for hydroxylation is 1. The van der Waals surface area contributed by atoms with E-state index in [-0.39, 0.29) is 11.5 Å². The van der Waals surface area contributed by atoms with Gasteiger partial charge in [0.25, 0.3) is 5.91 Å². The van der Waals surface area contributed by atoms with Gasteiger partial charge in [-0.1, -0.05) is 32.0 Å². The van der Waals surface area contributed by atoms with E-state index in [0.29, 0.717) is 17.9 Å². The number of para-hydroxylation sites is 1. The molecule has 0 saturated heterocycles. The molecule has 6 nitrogen and oxygen atoms in total. The number of ether oxygens (including phenoxy) is 1. The molecule has 0 aliphatic heterocycles. The van der Waals surface area contributed by atoms with Gasteiger partial charge >= 0.3 is 5.97 Å². The van der Waals surface area contributed by atoms with Gasteiger partial charge in [0.15, 0.2) is 0 Å². The molecule has 0 heterocycles. The zero-order valence-corrected chi connectivity index (χ0v) is 17.1. The van der Waals surface area contributed by atoms with Crippen LogP contribution in [-0.4, -0.2) is 18.5 Å². The minimum absolute atomic E-state index is 0.0579. The van der Waals surface area contributed by atoms with Crippen molar-refractivity contribution < 1.29 is 14.3 Å². The van der Waals surface area contributed by atoms with E-state index in [1.165, 1.54) is 6.20 Å². The molecule has 29 heavy (non-hydrogen) atoms. The fourth-order valence-corrected chi connectivity index (χ4v) is 2.74. The third-order valence-electron chi connectivity index (χ3n) is 4.31. The van der Waals surface area contributed by atoms with Crippen LogP contribution in [-0.2, 0) is 9.53 Å². The number of hydrogen-bond acceptors (Lipinski definition) is 5. The molecule has 0 radical (unpaired) electrons. The highest BCUT2D eigenvalue weighted by atomic mass is 16.5. The minimum atomic E-state index is -0.487. The Balaban J connectivity index is 2.14. The lowest BCUT2D eigenvalue weighted by Gasteiger charge is -2.16. The van der Waals surface area contributed by atoms with Gasteiger partial charge in [0.2, 0.25) is 0 Å². The number of anilines is 2. The van der Waals surface area contributed by atoms with E-state index in [9.17, 15) is 14.9 Å². The summed E-state index contributed by atoms with van der Waals surface area (Å²) in [5, 5.41) is 15.2. The van der Waals surface area contributed by atoms with E-state index >= 15 is 0 Å². The van der Waals surface area contributed by atoms with E-state index in [4.69, 9.17) is 4.74 Å². The average molecular weight is 391 g/mol. The Hall–Kier alpha value is -3.59. The normalized spacial score (nSPS) is 11.0. The van der Waals surface area contributed by atoms with Gasteiger partial charge in [0.05, 0.1) is 12.2 Å². The molecule has 0 spiro atoms. The maximum absolute atomic E-state index is 12.6. The third-order valence-corrected chi connectivity index (χ3v) is 4.31. The summed E-state index contributed by atoms with van der Waals surface area (Å²) in [5.74, 6) is -0.652. The van der Waals surface area contributed by atoms with Gasteiger partial charge < -0.3 is 15.4 Å². The first kappa shape index (κ1) is 21.7. The van der Waals surface area contributed by atoms with Crippen molar-refractivity contribution in [2.75, 3.05) is 17.2 Å². The first-order valence-electron chi connectivity index (χ1n) is 9.42. The zero-order chi connectivity index (χ0) is 21.4. The molecule has 0 aliphatic carbocycles. The van der Waals surface area contributed by atoms with Gasteiger partial charge in [0.1, 0.15) is 11.6 Å². The zero-order valence-electron chi connectivity index (χ0n) is 17.1. The van der Waals surface area contributed by atoms with Crippen LogP contribution in [0.5, 0.6) is 0 Å². The summed E-state index contributed by atoms with van der Waals surface area (Å²) in [6.45, 7) is 8.07. The van der Waals surface area contributed by atoms with Gasteiger partial charge in [-0.15, -0.1) is 0 Å². The van der Waals surface area contributed by atoms with Crippen molar-refractivity contribution in [3.8, 4) is 6.07 Å². The van der Waals surface area contributed by atoms with Gasteiger partial charge in [-0.05, 0) is 55.2 Å². The molecule has 0 aromatic heterocycles. The molecule has 2 aromatic carbocycles. The highest BCUT2D eigenvalue weighted by molar-refractivity contribution is 6.07. The number of nitrogens with zero attached hydrogens (tertiary/aromatic N) is 1. The van der Waals surface area contributed by atoms with Crippen LogP contribution in [0.2, 0.25) is 0 Å². The van der Waals surface area contributed by atoms with Crippen LogP contribution in [0, 0.1) is 18.3 Å². The fourth-order valence-electron chi connectivity index (χ4n) is 2.74. The summed E-state index contributed by atoms with van der Waals surface area (Å²) in [6, 6.07) is 14.3. The number of nitrogens with one attached hydrogen (secondary N) is 2. The molecule has 6 heteroatoms. The second-order valence-corrected chi connectivity index (χ2v) is 6.76. The minimum Gasteiger partial charge on any atom is -0.462 e. The predicted octanol–water partition coefficient (Wildman–Crippen LogP) is 4.75. The van der Waals surface area contributed by atoms with Crippen LogP contribution in [0.25, 0.3) is 0 Å². The lowest BCUT2D eigenvalue weighted by Crippen LogP contribution is -2.17. The molecule has 1 amide bonds. The molecule has 2 N–H and O–H groups in total. The van der Waals surface area contributed by atoms with Crippen molar-refractivity contribution in [1.82, 2.24) is 0 Å². The number of amides is 1. The van der Waals surface area contributed by atoms with Crippen LogP contribution >= 0.6 is 0 Å². The first-order valence-corrected chi connectivity index (χ1v) is 9.42. The van der Waals surface area contributed by atoms with E-state index in [0.717, 1.165) is 16.8 Å². The SMILES string of the molecule is CCOC(=O)c1ccc(N/C=C(/C#N)C(=O)Nc2c(C)cccc2C(C)C)cc1. The van der Waals surface area contributed by atoms with E-state index in [1.807, 2.05) is 45.0 Å². The number of benzene rings is 2. The van der Waals surface area contributed by atoms with Crippen LogP contribution in [0.4, 0.5) is 11.4 Å². The average Bonchev–Trinajstić information content (AvgIpc) is 2.70. The second-order valence-electron chi connectivity index (χ2n) is 6.76. The Morgan fingerprint density at radius 2 is 1.86 bits per heavy atom. The Morgan fingerprint density at radius 3 is 2.45 bits per heavy atom. The van der Waals surface area contributed by atoms with Crippen molar-refractivity contribution in [1.29, 1.82) is 5.26 Å². The molecule has 0 bridgehead atoms. The quantitative estimate of drug-likeness (QED) is 0.404. The van der Waals surface area contributed by atoms with Gasteiger partial charge in [0, 0.05) is 17.6 Å². The Morgan fingerprint density at radius 1 is 1.17 bits per heavy atom. The topological polar surface area (TPSA) is 91.2 Å². The molecule has 0 atom stereocenters. The second kappa shape index (κ2) is 10.1. The number of carbonyl (C=O) groups excluding carboxylic acids is 2. The lowest BCUT2D eigenvalue weighted by atomic mass is 9.98. The van der Waals surface area contributed by atoms with Gasteiger partial charge in [-0.25, -0.2) is 4.79 Å². The van der Waals surface area contributed by atoms with E-state index in [1.54, 1.807) is 31.2 Å². The maximum atomic E-state index is 12.6. The summed E-state index contributed by atoms with van der Waals surface area (Å²) >= 11 is 0. The van der Waals surface area contributed by atoms with Crippen molar-refractivity contribution in [3.05, 3.63) is 70.9 Å². The molecular weight excluding hydrogens is 366 g/mol. The molecule has 2 rings (SSSR count). The summed E-state index contributed by atoms with van der Waals surface area (Å²) in [6.07, 6.45) is 1.35. The highest BCUT2D eigenvalue weighted by Crippen LogP contribution is 2.27. The van der Waals surface area contributed by atoms with Crippen molar-refractivity contribution in [3.63, 3.8) is 0 Å². The number of nitriles is 1. The standard InChI is InChI=1S/C23H25N3O3/c1-5-29-23(28)17-9-11-19(12-10-17)25-14-18(13-24)22(27)26-21-16(4)7-6-8-20(21)15(2)3/h6-12,14-15,25H,5H2,1-4H3,(H,26,27)/b18-14-. The van der Waals surface area contributed by atoms with Crippen molar-refractivity contribution >= 4 is 23.3 Å². The number of esters is 1. The lowest BCUT2D eigenvalue weighted by molar-refractivity contribution is -0.112. The molecule has 0 fully saturated rings. The van der Waals surface area contributed by atoms with Crippen LogP contribution in [0.3, 0.4) is 0 Å². The Kier molecular flexibility index (Phi) is 7.55. The van der Waals surface area contributed by atoms with Crippen LogP contribution in [0.1, 0.15) is 48.2 Å². The molecule has 0 aliphatic rings. The summed E-state index contributed by atoms with van der Waals surface area (Å²) in [5.41, 5.74) is 3.69. The largest absolute Gasteiger partial charge is 0.462 e. The summed E-state index contributed by atoms with van der Waals surface area (Å²) < 4.78 is 4.94. The van der Waals surface area contributed by atoms with Crippen molar-refractivity contribution in [2.24, 2.45) is 0 Å². The maximum Gasteiger partial charge on any atom is 0.338 e.